The zero-order chi connectivity index (χ0) is 16.7. The van der Waals surface area contributed by atoms with Gasteiger partial charge in [0, 0.05) is 16.0 Å². The van der Waals surface area contributed by atoms with E-state index >= 15 is 0 Å². The summed E-state index contributed by atoms with van der Waals surface area (Å²) in [5, 5.41) is 1.36. The van der Waals surface area contributed by atoms with E-state index in [9.17, 15) is 4.79 Å². The van der Waals surface area contributed by atoms with Crippen molar-refractivity contribution in [3.63, 3.8) is 0 Å². The number of esters is 1. The standard InChI is InChI=1S/C18H20Cl2O3/c1-2-22-18(21)4-3-9-23-17-7-5-13(6-8-17)14-10-15(19)12-16(20)11-14/h10-13,17H,2,5-9H2,1H3/t13-,17-. The molecule has 0 radical (unpaired) electrons. The maximum atomic E-state index is 11.1. The van der Waals surface area contributed by atoms with Gasteiger partial charge in [0.2, 0.25) is 0 Å². The molecule has 1 aromatic carbocycles. The number of benzene rings is 1. The summed E-state index contributed by atoms with van der Waals surface area (Å²) in [6.07, 6.45) is 4.20. The molecular weight excluding hydrogens is 335 g/mol. The SMILES string of the molecule is CCOC(=O)C#CCO[C@H]1CC[C@H](c2cc(Cl)cc(Cl)c2)CC1. The lowest BCUT2D eigenvalue weighted by atomic mass is 9.83. The van der Waals surface area contributed by atoms with E-state index in [0.717, 1.165) is 25.7 Å². The summed E-state index contributed by atoms with van der Waals surface area (Å²) in [6.45, 7) is 2.35. The second kappa shape index (κ2) is 9.17. The smallest absolute Gasteiger partial charge is 0.384 e. The molecule has 1 aliphatic carbocycles. The minimum atomic E-state index is -0.502. The molecule has 0 aliphatic heterocycles. The van der Waals surface area contributed by atoms with Crippen LogP contribution < -0.4 is 0 Å². The monoisotopic (exact) mass is 354 g/mol. The summed E-state index contributed by atoms with van der Waals surface area (Å²) in [4.78, 5) is 11.1. The topological polar surface area (TPSA) is 35.5 Å². The number of rotatable bonds is 4. The van der Waals surface area contributed by atoms with Crippen molar-refractivity contribution in [3.05, 3.63) is 33.8 Å². The third kappa shape index (κ3) is 6.06. The zero-order valence-corrected chi connectivity index (χ0v) is 14.6. The Balaban J connectivity index is 1.76. The van der Waals surface area contributed by atoms with Gasteiger partial charge in [-0.25, -0.2) is 4.79 Å². The second-order valence-corrected chi connectivity index (χ2v) is 6.38. The van der Waals surface area contributed by atoms with E-state index in [2.05, 4.69) is 11.8 Å². The quantitative estimate of drug-likeness (QED) is 0.450. The molecule has 1 saturated carbocycles. The van der Waals surface area contributed by atoms with Gasteiger partial charge in [0.1, 0.15) is 6.61 Å². The van der Waals surface area contributed by atoms with Gasteiger partial charge in [0.25, 0.3) is 0 Å². The summed E-state index contributed by atoms with van der Waals surface area (Å²) >= 11 is 12.1. The van der Waals surface area contributed by atoms with Crippen LogP contribution in [-0.2, 0) is 14.3 Å². The van der Waals surface area contributed by atoms with Gasteiger partial charge in [-0.3, -0.25) is 0 Å². The summed E-state index contributed by atoms with van der Waals surface area (Å²) < 4.78 is 10.4. The minimum Gasteiger partial charge on any atom is -0.456 e. The molecule has 5 heteroatoms. The fourth-order valence-electron chi connectivity index (χ4n) is 2.81. The molecule has 1 fully saturated rings. The summed E-state index contributed by atoms with van der Waals surface area (Å²) in [5.74, 6) is 5.07. The summed E-state index contributed by atoms with van der Waals surface area (Å²) in [5.41, 5.74) is 1.20. The molecule has 0 spiro atoms. The summed E-state index contributed by atoms with van der Waals surface area (Å²) in [6, 6.07) is 5.73. The molecule has 0 unspecified atom stereocenters. The number of carbonyl (C=O) groups excluding carboxylic acids is 1. The van der Waals surface area contributed by atoms with Crippen molar-refractivity contribution in [2.75, 3.05) is 13.2 Å². The van der Waals surface area contributed by atoms with Crippen molar-refractivity contribution in [1.29, 1.82) is 0 Å². The molecule has 0 aromatic heterocycles. The molecule has 3 nitrogen and oxygen atoms in total. The van der Waals surface area contributed by atoms with Crippen molar-refractivity contribution in [2.45, 2.75) is 44.6 Å². The highest BCUT2D eigenvalue weighted by Gasteiger charge is 2.23. The van der Waals surface area contributed by atoms with Crippen LogP contribution in [0.5, 0.6) is 0 Å². The molecule has 0 heterocycles. The maximum Gasteiger partial charge on any atom is 0.384 e. The minimum absolute atomic E-state index is 0.192. The number of ether oxygens (including phenoxy) is 2. The van der Waals surface area contributed by atoms with Crippen LogP contribution in [0, 0.1) is 11.8 Å². The number of hydrogen-bond donors (Lipinski definition) is 0. The molecule has 23 heavy (non-hydrogen) atoms. The van der Waals surface area contributed by atoms with Crippen LogP contribution >= 0.6 is 23.2 Å². The fraction of sp³-hybridized carbons (Fsp3) is 0.500. The van der Waals surface area contributed by atoms with Crippen LogP contribution in [0.4, 0.5) is 0 Å². The molecule has 2 rings (SSSR count). The molecule has 0 saturated heterocycles. The molecule has 0 amide bonds. The molecule has 124 valence electrons. The first-order chi connectivity index (χ1) is 11.1. The first-order valence-corrected chi connectivity index (χ1v) is 8.57. The number of halogens is 2. The zero-order valence-electron chi connectivity index (χ0n) is 13.1. The van der Waals surface area contributed by atoms with Gasteiger partial charge in [-0.2, -0.15) is 0 Å². The van der Waals surface area contributed by atoms with Crippen molar-refractivity contribution in [1.82, 2.24) is 0 Å². The number of carbonyl (C=O) groups is 1. The van der Waals surface area contributed by atoms with E-state index in [1.807, 2.05) is 12.1 Å². The lowest BCUT2D eigenvalue weighted by Gasteiger charge is -2.28. The Bertz CT molecular complexity index is 576. The lowest BCUT2D eigenvalue weighted by Crippen LogP contribution is -2.21. The van der Waals surface area contributed by atoms with E-state index < -0.39 is 5.97 Å². The Labute approximate surface area is 147 Å². The Kier molecular flexibility index (Phi) is 7.23. The van der Waals surface area contributed by atoms with Gasteiger partial charge in [-0.15, -0.1) is 0 Å². The first-order valence-electron chi connectivity index (χ1n) is 7.81. The van der Waals surface area contributed by atoms with Crippen LogP contribution in [0.15, 0.2) is 18.2 Å². The highest BCUT2D eigenvalue weighted by molar-refractivity contribution is 6.34. The van der Waals surface area contributed by atoms with Gasteiger partial charge in [-0.1, -0.05) is 29.1 Å². The Morgan fingerprint density at radius 2 is 1.83 bits per heavy atom. The van der Waals surface area contributed by atoms with Crippen molar-refractivity contribution >= 4 is 29.2 Å². The highest BCUT2D eigenvalue weighted by atomic mass is 35.5. The third-order valence-electron chi connectivity index (χ3n) is 3.89. The Morgan fingerprint density at radius 1 is 1.17 bits per heavy atom. The van der Waals surface area contributed by atoms with E-state index in [1.165, 1.54) is 5.56 Å². The average Bonchev–Trinajstić information content (AvgIpc) is 2.51. The molecule has 1 aromatic rings. The normalized spacial score (nSPS) is 20.5. The van der Waals surface area contributed by atoms with Gasteiger partial charge in [-0.05, 0) is 62.3 Å². The Hall–Kier alpha value is -1.21. The largest absolute Gasteiger partial charge is 0.456 e. The highest BCUT2D eigenvalue weighted by Crippen LogP contribution is 2.36. The van der Waals surface area contributed by atoms with E-state index in [1.54, 1.807) is 13.0 Å². The molecule has 1 aliphatic rings. The summed E-state index contributed by atoms with van der Waals surface area (Å²) in [7, 11) is 0. The maximum absolute atomic E-state index is 11.1. The van der Waals surface area contributed by atoms with Gasteiger partial charge < -0.3 is 9.47 Å². The molecule has 0 atom stereocenters. The number of hydrogen-bond acceptors (Lipinski definition) is 3. The Morgan fingerprint density at radius 3 is 2.43 bits per heavy atom. The van der Waals surface area contributed by atoms with Crippen LogP contribution in [0.2, 0.25) is 10.0 Å². The van der Waals surface area contributed by atoms with Crippen molar-refractivity contribution in [2.24, 2.45) is 0 Å². The van der Waals surface area contributed by atoms with E-state index in [4.69, 9.17) is 32.7 Å². The lowest BCUT2D eigenvalue weighted by molar-refractivity contribution is -0.136. The van der Waals surface area contributed by atoms with Crippen molar-refractivity contribution in [3.8, 4) is 11.8 Å². The van der Waals surface area contributed by atoms with Crippen LogP contribution in [-0.4, -0.2) is 25.3 Å². The molecule has 0 N–H and O–H groups in total. The van der Waals surface area contributed by atoms with E-state index in [0.29, 0.717) is 22.6 Å². The molecular formula is C18H20Cl2O3. The van der Waals surface area contributed by atoms with Crippen molar-refractivity contribution < 1.29 is 14.3 Å². The van der Waals surface area contributed by atoms with Gasteiger partial charge in [0.05, 0.1) is 12.7 Å². The van der Waals surface area contributed by atoms with Crippen LogP contribution in [0.25, 0.3) is 0 Å². The van der Waals surface area contributed by atoms with E-state index in [-0.39, 0.29) is 12.7 Å². The second-order valence-electron chi connectivity index (χ2n) is 5.51. The third-order valence-corrected chi connectivity index (χ3v) is 4.32. The van der Waals surface area contributed by atoms with Gasteiger partial charge >= 0.3 is 5.97 Å². The fourth-order valence-corrected chi connectivity index (χ4v) is 3.35. The average molecular weight is 355 g/mol. The van der Waals surface area contributed by atoms with Crippen LogP contribution in [0.3, 0.4) is 0 Å². The van der Waals surface area contributed by atoms with Crippen LogP contribution in [0.1, 0.15) is 44.1 Å². The predicted molar refractivity (Wildman–Crippen MR) is 91.8 cm³/mol. The first kappa shape index (κ1) is 18.1. The van der Waals surface area contributed by atoms with Gasteiger partial charge in [0.15, 0.2) is 0 Å². The predicted octanol–water partition coefficient (Wildman–Crippen LogP) is 4.60. The molecule has 0 bridgehead atoms.